The standard InChI is InChI=1S/C17H25N3O4/c1-12-15(5-4-6-16(12)20(22)23)18-17(21)13(2)19(3)11-14-7-9-24-10-8-14/h4-6,13-14H,7-11H2,1-3H3,(H,18,21). The van der Waals surface area contributed by atoms with Crippen LogP contribution >= 0.6 is 0 Å². The smallest absolute Gasteiger partial charge is 0.274 e. The number of nitrogens with one attached hydrogen (secondary N) is 1. The Morgan fingerprint density at radius 1 is 1.46 bits per heavy atom. The predicted molar refractivity (Wildman–Crippen MR) is 92.1 cm³/mol. The minimum atomic E-state index is -0.439. The number of amides is 1. The number of likely N-dealkylation sites (N-methyl/N-ethyl adjacent to an activating group) is 1. The molecule has 1 fully saturated rings. The molecule has 1 saturated heterocycles. The molecule has 1 unspecified atom stereocenters. The van der Waals surface area contributed by atoms with Crippen molar-refractivity contribution >= 4 is 17.3 Å². The van der Waals surface area contributed by atoms with Crippen molar-refractivity contribution in [1.29, 1.82) is 0 Å². The number of carbonyl (C=O) groups excluding carboxylic acids is 1. The van der Waals surface area contributed by atoms with Crippen molar-refractivity contribution in [2.45, 2.75) is 32.7 Å². The topological polar surface area (TPSA) is 84.7 Å². The number of carbonyl (C=O) groups is 1. The summed E-state index contributed by atoms with van der Waals surface area (Å²) in [5, 5.41) is 13.8. The van der Waals surface area contributed by atoms with Gasteiger partial charge in [0, 0.05) is 25.8 Å². The van der Waals surface area contributed by atoms with Gasteiger partial charge in [-0.2, -0.15) is 0 Å². The van der Waals surface area contributed by atoms with E-state index in [1.165, 1.54) is 6.07 Å². The van der Waals surface area contributed by atoms with Gasteiger partial charge in [0.05, 0.1) is 22.2 Å². The van der Waals surface area contributed by atoms with E-state index >= 15 is 0 Å². The molecule has 0 aromatic heterocycles. The highest BCUT2D eigenvalue weighted by Gasteiger charge is 2.24. The largest absolute Gasteiger partial charge is 0.381 e. The van der Waals surface area contributed by atoms with E-state index in [0.29, 0.717) is 17.2 Å². The molecule has 7 nitrogen and oxygen atoms in total. The summed E-state index contributed by atoms with van der Waals surface area (Å²) in [4.78, 5) is 25.1. The highest BCUT2D eigenvalue weighted by Crippen LogP contribution is 2.25. The molecule has 1 aliphatic heterocycles. The van der Waals surface area contributed by atoms with E-state index in [0.717, 1.165) is 32.6 Å². The summed E-state index contributed by atoms with van der Waals surface area (Å²) in [6.07, 6.45) is 2.03. The number of rotatable bonds is 6. The van der Waals surface area contributed by atoms with Crippen LogP contribution in [0.5, 0.6) is 0 Å². The second kappa shape index (κ2) is 8.21. The number of hydrogen-bond acceptors (Lipinski definition) is 5. The van der Waals surface area contributed by atoms with Gasteiger partial charge in [-0.25, -0.2) is 0 Å². The molecule has 0 radical (unpaired) electrons. The summed E-state index contributed by atoms with van der Waals surface area (Å²) in [7, 11) is 1.93. The number of nitro benzene ring substituents is 1. The van der Waals surface area contributed by atoms with Crippen molar-refractivity contribution < 1.29 is 14.5 Å². The molecule has 0 aliphatic carbocycles. The molecule has 7 heteroatoms. The third kappa shape index (κ3) is 4.52. The molecule has 2 rings (SSSR count). The van der Waals surface area contributed by atoms with Gasteiger partial charge in [-0.05, 0) is 45.7 Å². The summed E-state index contributed by atoms with van der Waals surface area (Å²) in [5.74, 6) is 0.381. The van der Waals surface area contributed by atoms with Crippen molar-refractivity contribution in [1.82, 2.24) is 4.90 Å². The first-order valence-electron chi connectivity index (χ1n) is 8.23. The molecule has 1 aromatic rings. The average Bonchev–Trinajstić information content (AvgIpc) is 2.56. The Morgan fingerprint density at radius 3 is 2.75 bits per heavy atom. The van der Waals surface area contributed by atoms with Crippen molar-refractivity contribution in [3.63, 3.8) is 0 Å². The maximum absolute atomic E-state index is 12.5. The zero-order valence-corrected chi connectivity index (χ0v) is 14.4. The van der Waals surface area contributed by atoms with E-state index in [2.05, 4.69) is 5.32 Å². The van der Waals surface area contributed by atoms with Gasteiger partial charge in [0.2, 0.25) is 5.91 Å². The monoisotopic (exact) mass is 335 g/mol. The SMILES string of the molecule is Cc1c(NC(=O)C(C)N(C)CC2CCOCC2)cccc1[N+](=O)[O-]. The minimum absolute atomic E-state index is 0.0102. The van der Waals surface area contributed by atoms with Gasteiger partial charge in [0.15, 0.2) is 0 Å². The van der Waals surface area contributed by atoms with E-state index in [1.54, 1.807) is 19.1 Å². The normalized spacial score (nSPS) is 16.8. The van der Waals surface area contributed by atoms with Crippen LogP contribution in [0.3, 0.4) is 0 Å². The van der Waals surface area contributed by atoms with Crippen LogP contribution in [-0.4, -0.2) is 48.6 Å². The lowest BCUT2D eigenvalue weighted by Crippen LogP contribution is -2.42. The number of hydrogen-bond donors (Lipinski definition) is 1. The molecule has 1 atom stereocenters. The number of benzene rings is 1. The zero-order valence-electron chi connectivity index (χ0n) is 14.4. The fourth-order valence-corrected chi connectivity index (χ4v) is 2.89. The Bertz CT molecular complexity index is 599. The molecule has 1 aromatic carbocycles. The first-order valence-corrected chi connectivity index (χ1v) is 8.23. The van der Waals surface area contributed by atoms with E-state index in [4.69, 9.17) is 4.74 Å². The van der Waals surface area contributed by atoms with E-state index in [-0.39, 0.29) is 17.6 Å². The molecule has 0 spiro atoms. The lowest BCUT2D eigenvalue weighted by molar-refractivity contribution is -0.385. The van der Waals surface area contributed by atoms with Crippen molar-refractivity contribution in [2.75, 3.05) is 32.1 Å². The second-order valence-electron chi connectivity index (χ2n) is 6.37. The third-order valence-electron chi connectivity index (χ3n) is 4.69. The molecule has 1 aliphatic rings. The zero-order chi connectivity index (χ0) is 17.7. The maximum Gasteiger partial charge on any atom is 0.274 e. The Hall–Kier alpha value is -1.99. The van der Waals surface area contributed by atoms with Gasteiger partial charge >= 0.3 is 0 Å². The lowest BCUT2D eigenvalue weighted by atomic mass is 9.99. The molecule has 1 N–H and O–H groups in total. The number of ether oxygens (including phenoxy) is 1. The molecule has 1 amide bonds. The van der Waals surface area contributed by atoms with Crippen LogP contribution in [0.2, 0.25) is 0 Å². The summed E-state index contributed by atoms with van der Waals surface area (Å²) in [6.45, 7) is 5.90. The van der Waals surface area contributed by atoms with Crippen LogP contribution in [-0.2, 0) is 9.53 Å². The van der Waals surface area contributed by atoms with E-state index < -0.39 is 4.92 Å². The lowest BCUT2D eigenvalue weighted by Gasteiger charge is -2.30. The molecule has 0 saturated carbocycles. The fraction of sp³-hybridized carbons (Fsp3) is 0.588. The van der Waals surface area contributed by atoms with Crippen LogP contribution < -0.4 is 5.32 Å². The molecule has 0 bridgehead atoms. The highest BCUT2D eigenvalue weighted by atomic mass is 16.6. The van der Waals surface area contributed by atoms with Gasteiger partial charge in [-0.3, -0.25) is 19.8 Å². The maximum atomic E-state index is 12.5. The number of nitro groups is 1. The molecule has 24 heavy (non-hydrogen) atoms. The van der Waals surface area contributed by atoms with Gasteiger partial charge < -0.3 is 10.1 Å². The van der Waals surface area contributed by atoms with Gasteiger partial charge in [-0.1, -0.05) is 6.07 Å². The number of anilines is 1. The van der Waals surface area contributed by atoms with Crippen LogP contribution in [0.25, 0.3) is 0 Å². The second-order valence-corrected chi connectivity index (χ2v) is 6.37. The third-order valence-corrected chi connectivity index (χ3v) is 4.69. The van der Waals surface area contributed by atoms with Gasteiger partial charge in [0.25, 0.3) is 5.69 Å². The predicted octanol–water partition coefficient (Wildman–Crippen LogP) is 2.59. The Labute approximate surface area is 142 Å². The Morgan fingerprint density at radius 2 is 2.12 bits per heavy atom. The first kappa shape index (κ1) is 18.4. The van der Waals surface area contributed by atoms with Gasteiger partial charge in [-0.15, -0.1) is 0 Å². The minimum Gasteiger partial charge on any atom is -0.381 e. The van der Waals surface area contributed by atoms with Crippen LogP contribution in [0.4, 0.5) is 11.4 Å². The quantitative estimate of drug-likeness (QED) is 0.638. The molecular weight excluding hydrogens is 310 g/mol. The van der Waals surface area contributed by atoms with Crippen molar-refractivity contribution in [3.8, 4) is 0 Å². The van der Waals surface area contributed by atoms with Crippen LogP contribution in [0.1, 0.15) is 25.3 Å². The Balaban J connectivity index is 1.98. The van der Waals surface area contributed by atoms with Crippen molar-refractivity contribution in [2.24, 2.45) is 5.92 Å². The van der Waals surface area contributed by atoms with Gasteiger partial charge in [0.1, 0.15) is 0 Å². The molecular formula is C17H25N3O4. The fourth-order valence-electron chi connectivity index (χ4n) is 2.89. The average molecular weight is 335 g/mol. The van der Waals surface area contributed by atoms with Crippen LogP contribution in [0, 0.1) is 23.0 Å². The summed E-state index contributed by atoms with van der Waals surface area (Å²) < 4.78 is 5.36. The first-order chi connectivity index (χ1) is 11.4. The van der Waals surface area contributed by atoms with E-state index in [9.17, 15) is 14.9 Å². The van der Waals surface area contributed by atoms with E-state index in [1.807, 2.05) is 18.9 Å². The molecule has 132 valence electrons. The van der Waals surface area contributed by atoms with Crippen LogP contribution in [0.15, 0.2) is 18.2 Å². The highest BCUT2D eigenvalue weighted by molar-refractivity contribution is 5.95. The summed E-state index contributed by atoms with van der Waals surface area (Å²) in [5.41, 5.74) is 0.965. The summed E-state index contributed by atoms with van der Waals surface area (Å²) >= 11 is 0. The Kier molecular flexibility index (Phi) is 6.28. The van der Waals surface area contributed by atoms with Crippen molar-refractivity contribution in [3.05, 3.63) is 33.9 Å². The number of nitrogens with zero attached hydrogens (tertiary/aromatic N) is 2. The molecule has 1 heterocycles. The summed E-state index contributed by atoms with van der Waals surface area (Å²) in [6, 6.07) is 4.39.